The van der Waals surface area contributed by atoms with E-state index < -0.39 is 25.1 Å². The van der Waals surface area contributed by atoms with Crippen LogP contribution in [0.5, 0.6) is 11.5 Å². The van der Waals surface area contributed by atoms with Gasteiger partial charge in [-0.2, -0.15) is 4.31 Å². The van der Waals surface area contributed by atoms with Crippen LogP contribution < -0.4 is 9.47 Å². The van der Waals surface area contributed by atoms with E-state index in [4.69, 9.17) is 9.47 Å². The number of rotatable bonds is 6. The van der Waals surface area contributed by atoms with Crippen molar-refractivity contribution in [3.8, 4) is 11.5 Å². The minimum Gasteiger partial charge on any atom is -0.497 e. The van der Waals surface area contributed by atoms with Gasteiger partial charge >= 0.3 is 0 Å². The lowest BCUT2D eigenvalue weighted by atomic mass is 10.2. The van der Waals surface area contributed by atoms with Crippen molar-refractivity contribution in [1.29, 1.82) is 0 Å². The van der Waals surface area contributed by atoms with Crippen LogP contribution in [0.1, 0.15) is 5.56 Å². The second kappa shape index (κ2) is 7.14. The molecule has 0 aromatic heterocycles. The fraction of sp³-hybridized carbons (Fsp3) is 0.333. The zero-order chi connectivity index (χ0) is 19.8. The lowest BCUT2D eigenvalue weighted by Gasteiger charge is -2.37. The largest absolute Gasteiger partial charge is 0.497 e. The molecule has 0 saturated carbocycles. The van der Waals surface area contributed by atoms with Gasteiger partial charge < -0.3 is 9.47 Å². The molecule has 0 amide bonds. The van der Waals surface area contributed by atoms with Crippen LogP contribution in [-0.4, -0.2) is 53.7 Å². The van der Waals surface area contributed by atoms with Gasteiger partial charge in [0.25, 0.3) is 0 Å². The average Bonchev–Trinajstić information content (AvgIpc) is 2.59. The Morgan fingerprint density at radius 3 is 1.96 bits per heavy atom. The van der Waals surface area contributed by atoms with E-state index in [1.807, 2.05) is 0 Å². The summed E-state index contributed by atoms with van der Waals surface area (Å²) in [5.41, 5.74) is 0.552. The van der Waals surface area contributed by atoms with Crippen molar-refractivity contribution in [2.75, 3.05) is 27.3 Å². The van der Waals surface area contributed by atoms with Crippen molar-refractivity contribution in [2.45, 2.75) is 22.0 Å². The first-order valence-electron chi connectivity index (χ1n) is 8.23. The van der Waals surface area contributed by atoms with Crippen LogP contribution in [0, 0.1) is 6.92 Å². The molecule has 7 nitrogen and oxygen atoms in total. The number of ether oxygens (including phenoxy) is 2. The van der Waals surface area contributed by atoms with Gasteiger partial charge in [-0.25, -0.2) is 16.8 Å². The van der Waals surface area contributed by atoms with Gasteiger partial charge in [-0.3, -0.25) is 0 Å². The first kappa shape index (κ1) is 19.7. The molecule has 3 rings (SSSR count). The van der Waals surface area contributed by atoms with Crippen molar-refractivity contribution in [1.82, 2.24) is 4.31 Å². The van der Waals surface area contributed by atoms with E-state index in [0.717, 1.165) is 0 Å². The van der Waals surface area contributed by atoms with Gasteiger partial charge in [0.05, 0.1) is 29.3 Å². The number of methoxy groups -OCH3 is 2. The molecule has 0 spiro atoms. The number of benzene rings is 2. The Morgan fingerprint density at radius 2 is 1.44 bits per heavy atom. The van der Waals surface area contributed by atoms with Crippen molar-refractivity contribution < 1.29 is 26.3 Å². The number of sulfone groups is 1. The lowest BCUT2D eigenvalue weighted by molar-refractivity contribution is 0.309. The maximum absolute atomic E-state index is 12.8. The van der Waals surface area contributed by atoms with Crippen LogP contribution in [0.3, 0.4) is 0 Å². The van der Waals surface area contributed by atoms with Gasteiger partial charge in [0.1, 0.15) is 11.5 Å². The Kier molecular flexibility index (Phi) is 5.20. The lowest BCUT2D eigenvalue weighted by Crippen LogP contribution is -2.56. The molecule has 0 aliphatic carbocycles. The van der Waals surface area contributed by atoms with Gasteiger partial charge in [0.15, 0.2) is 9.84 Å². The van der Waals surface area contributed by atoms with Crippen LogP contribution in [0.25, 0.3) is 0 Å². The molecule has 1 aliphatic rings. The van der Waals surface area contributed by atoms with E-state index in [-0.39, 0.29) is 22.9 Å². The first-order valence-corrected chi connectivity index (χ1v) is 11.2. The van der Waals surface area contributed by atoms with Crippen molar-refractivity contribution in [3.63, 3.8) is 0 Å². The van der Waals surface area contributed by atoms with Crippen LogP contribution >= 0.6 is 0 Å². The third-order valence-corrected chi connectivity index (χ3v) is 8.74. The Hall–Kier alpha value is -2.10. The standard InChI is InChI=1S/C18H21NO6S2/c1-13-10-15(25-3)6-9-18(13)27(22,23)19-11-17(12-19)26(20,21)16-7-4-14(24-2)5-8-16/h4-10,17H,11-12H2,1-3H3. The molecule has 2 aromatic rings. The Bertz CT molecular complexity index is 1040. The van der Waals surface area contributed by atoms with Gasteiger partial charge in [0.2, 0.25) is 10.0 Å². The normalized spacial score (nSPS) is 16.0. The quantitative estimate of drug-likeness (QED) is 0.721. The number of hydrogen-bond acceptors (Lipinski definition) is 6. The SMILES string of the molecule is COc1ccc(S(=O)(=O)C2CN(S(=O)(=O)c3ccc(OC)cc3C)C2)cc1. The summed E-state index contributed by atoms with van der Waals surface area (Å²) in [5, 5.41) is -0.765. The zero-order valence-electron chi connectivity index (χ0n) is 15.2. The highest BCUT2D eigenvalue weighted by Crippen LogP contribution is 2.31. The maximum atomic E-state index is 12.8. The average molecular weight is 412 g/mol. The zero-order valence-corrected chi connectivity index (χ0v) is 16.9. The highest BCUT2D eigenvalue weighted by Gasteiger charge is 2.44. The highest BCUT2D eigenvalue weighted by atomic mass is 32.2. The van der Waals surface area contributed by atoms with E-state index in [9.17, 15) is 16.8 Å². The summed E-state index contributed by atoms with van der Waals surface area (Å²) >= 11 is 0. The van der Waals surface area contributed by atoms with Gasteiger partial charge in [-0.05, 0) is 55.0 Å². The molecule has 1 saturated heterocycles. The molecule has 0 unspecified atom stereocenters. The predicted molar refractivity (Wildman–Crippen MR) is 100 cm³/mol. The van der Waals surface area contributed by atoms with Crippen LogP contribution in [-0.2, 0) is 19.9 Å². The van der Waals surface area contributed by atoms with Gasteiger partial charge in [0, 0.05) is 13.1 Å². The third-order valence-electron chi connectivity index (χ3n) is 4.64. The molecule has 0 N–H and O–H groups in total. The second-order valence-electron chi connectivity index (χ2n) is 6.30. The van der Waals surface area contributed by atoms with E-state index in [0.29, 0.717) is 17.1 Å². The Labute approximate surface area is 159 Å². The summed E-state index contributed by atoms with van der Waals surface area (Å²) < 4.78 is 62.3. The van der Waals surface area contributed by atoms with Crippen molar-refractivity contribution >= 4 is 19.9 Å². The Morgan fingerprint density at radius 1 is 0.889 bits per heavy atom. The maximum Gasteiger partial charge on any atom is 0.243 e. The number of aryl methyl sites for hydroxylation is 1. The molecule has 2 aromatic carbocycles. The summed E-state index contributed by atoms with van der Waals surface area (Å²) in [6.45, 7) is 1.55. The van der Waals surface area contributed by atoms with E-state index in [1.165, 1.54) is 36.7 Å². The molecule has 0 bridgehead atoms. The number of hydrogen-bond donors (Lipinski definition) is 0. The van der Waals surface area contributed by atoms with Crippen molar-refractivity contribution in [2.24, 2.45) is 0 Å². The molecule has 0 radical (unpaired) electrons. The second-order valence-corrected chi connectivity index (χ2v) is 10.4. The minimum absolute atomic E-state index is 0.0673. The monoisotopic (exact) mass is 411 g/mol. The first-order chi connectivity index (χ1) is 12.7. The molecule has 1 heterocycles. The van der Waals surface area contributed by atoms with E-state index >= 15 is 0 Å². The van der Waals surface area contributed by atoms with E-state index in [2.05, 4.69) is 0 Å². The molecule has 1 aliphatic heterocycles. The summed E-state index contributed by atoms with van der Waals surface area (Å²) in [7, 11) is -4.35. The molecular formula is C18H21NO6S2. The minimum atomic E-state index is -3.75. The molecule has 146 valence electrons. The summed E-state index contributed by atoms with van der Waals surface area (Å²) in [5.74, 6) is 1.12. The van der Waals surface area contributed by atoms with Gasteiger partial charge in [-0.1, -0.05) is 0 Å². The highest BCUT2D eigenvalue weighted by molar-refractivity contribution is 7.92. The molecule has 27 heavy (non-hydrogen) atoms. The fourth-order valence-corrected chi connectivity index (χ4v) is 6.51. The van der Waals surface area contributed by atoms with E-state index in [1.54, 1.807) is 31.2 Å². The number of sulfonamides is 1. The predicted octanol–water partition coefficient (Wildman–Crippen LogP) is 1.86. The fourth-order valence-electron chi connectivity index (χ4n) is 2.93. The summed E-state index contributed by atoms with van der Waals surface area (Å²) in [6, 6.07) is 10.8. The van der Waals surface area contributed by atoms with Gasteiger partial charge in [-0.15, -0.1) is 0 Å². The van der Waals surface area contributed by atoms with Crippen molar-refractivity contribution in [3.05, 3.63) is 48.0 Å². The van der Waals surface area contributed by atoms with Crippen LogP contribution in [0.15, 0.2) is 52.3 Å². The topological polar surface area (TPSA) is 90.0 Å². The summed E-state index contributed by atoms with van der Waals surface area (Å²) in [4.78, 5) is 0.314. The molecule has 1 fully saturated rings. The molecular weight excluding hydrogens is 390 g/mol. The molecule has 9 heteroatoms. The summed E-state index contributed by atoms with van der Waals surface area (Å²) in [6.07, 6.45) is 0. The molecule has 0 atom stereocenters. The number of nitrogens with zero attached hydrogens (tertiary/aromatic N) is 1. The van der Waals surface area contributed by atoms with Crippen LogP contribution in [0.2, 0.25) is 0 Å². The smallest absolute Gasteiger partial charge is 0.243 e. The van der Waals surface area contributed by atoms with Crippen LogP contribution in [0.4, 0.5) is 0 Å². The third kappa shape index (κ3) is 3.54. The Balaban J connectivity index is 1.77.